The first-order chi connectivity index (χ1) is 7.83. The number of aliphatic hydroxyl groups is 1. The highest BCUT2D eigenvalue weighted by atomic mass is 16.3. The lowest BCUT2D eigenvalue weighted by Crippen LogP contribution is -2.49. The minimum Gasteiger partial charge on any atom is -0.389 e. The SMILES string of the molecule is CC(C)CN(CC(C)(O)C(C)C)C1CCCC1. The fourth-order valence-electron chi connectivity index (χ4n) is 2.67. The van der Waals surface area contributed by atoms with E-state index in [4.69, 9.17) is 0 Å². The zero-order valence-electron chi connectivity index (χ0n) is 12.4. The van der Waals surface area contributed by atoms with Gasteiger partial charge in [-0.3, -0.25) is 4.90 Å². The lowest BCUT2D eigenvalue weighted by molar-refractivity contribution is -0.0314. The molecule has 1 N–H and O–H groups in total. The quantitative estimate of drug-likeness (QED) is 0.771. The Bertz CT molecular complexity index is 217. The normalized spacial score (nSPS) is 21.7. The monoisotopic (exact) mass is 241 g/mol. The minimum absolute atomic E-state index is 0.318. The van der Waals surface area contributed by atoms with E-state index in [9.17, 15) is 5.11 Å². The van der Waals surface area contributed by atoms with Crippen molar-refractivity contribution in [2.24, 2.45) is 11.8 Å². The van der Waals surface area contributed by atoms with Crippen LogP contribution in [0.4, 0.5) is 0 Å². The van der Waals surface area contributed by atoms with Crippen molar-refractivity contribution >= 4 is 0 Å². The first-order valence-corrected chi connectivity index (χ1v) is 7.29. The fraction of sp³-hybridized carbons (Fsp3) is 1.00. The molecule has 102 valence electrons. The molecule has 1 saturated carbocycles. The molecule has 0 saturated heterocycles. The maximum Gasteiger partial charge on any atom is 0.0768 e. The second-order valence-electron chi connectivity index (χ2n) is 6.77. The van der Waals surface area contributed by atoms with E-state index in [0.717, 1.165) is 13.1 Å². The summed E-state index contributed by atoms with van der Waals surface area (Å²) in [6.45, 7) is 12.7. The summed E-state index contributed by atoms with van der Waals surface area (Å²) in [5.74, 6) is 0.997. The summed E-state index contributed by atoms with van der Waals surface area (Å²) in [5.41, 5.74) is -0.558. The molecule has 0 aromatic heterocycles. The van der Waals surface area contributed by atoms with Crippen molar-refractivity contribution in [3.05, 3.63) is 0 Å². The van der Waals surface area contributed by atoms with E-state index in [0.29, 0.717) is 17.9 Å². The van der Waals surface area contributed by atoms with Crippen LogP contribution in [-0.4, -0.2) is 34.7 Å². The molecule has 2 heteroatoms. The van der Waals surface area contributed by atoms with Gasteiger partial charge in [0.25, 0.3) is 0 Å². The van der Waals surface area contributed by atoms with E-state index in [1.165, 1.54) is 25.7 Å². The molecule has 0 heterocycles. The second-order valence-corrected chi connectivity index (χ2v) is 6.77. The van der Waals surface area contributed by atoms with Crippen LogP contribution < -0.4 is 0 Å². The maximum atomic E-state index is 10.5. The Morgan fingerprint density at radius 3 is 2.12 bits per heavy atom. The van der Waals surface area contributed by atoms with Crippen molar-refractivity contribution in [1.29, 1.82) is 0 Å². The van der Waals surface area contributed by atoms with Gasteiger partial charge in [0, 0.05) is 19.1 Å². The Kier molecular flexibility index (Phi) is 5.46. The van der Waals surface area contributed by atoms with Crippen molar-refractivity contribution in [2.75, 3.05) is 13.1 Å². The van der Waals surface area contributed by atoms with E-state index in [1.807, 2.05) is 6.92 Å². The minimum atomic E-state index is -0.558. The molecule has 0 radical (unpaired) electrons. The molecule has 0 bridgehead atoms. The van der Waals surface area contributed by atoms with Crippen LogP contribution in [0.3, 0.4) is 0 Å². The molecule has 17 heavy (non-hydrogen) atoms. The molecule has 0 aliphatic heterocycles. The highest BCUT2D eigenvalue weighted by Crippen LogP contribution is 2.27. The van der Waals surface area contributed by atoms with Gasteiger partial charge in [-0.1, -0.05) is 40.5 Å². The maximum absolute atomic E-state index is 10.5. The van der Waals surface area contributed by atoms with Crippen molar-refractivity contribution < 1.29 is 5.11 Å². The predicted octanol–water partition coefficient (Wildman–Crippen LogP) is 3.29. The molecule has 1 fully saturated rings. The molecule has 1 unspecified atom stereocenters. The average Bonchev–Trinajstić information content (AvgIpc) is 2.67. The van der Waals surface area contributed by atoms with Gasteiger partial charge >= 0.3 is 0 Å². The molecule has 0 aromatic carbocycles. The Morgan fingerprint density at radius 2 is 1.71 bits per heavy atom. The predicted molar refractivity (Wildman–Crippen MR) is 74.1 cm³/mol. The van der Waals surface area contributed by atoms with Gasteiger partial charge in [-0.25, -0.2) is 0 Å². The van der Waals surface area contributed by atoms with E-state index >= 15 is 0 Å². The number of rotatable bonds is 6. The Labute approximate surface area is 107 Å². The van der Waals surface area contributed by atoms with E-state index < -0.39 is 5.60 Å². The van der Waals surface area contributed by atoms with Crippen LogP contribution in [-0.2, 0) is 0 Å². The van der Waals surface area contributed by atoms with Crippen LogP contribution in [0.1, 0.15) is 60.3 Å². The summed E-state index contributed by atoms with van der Waals surface area (Å²) in [7, 11) is 0. The number of hydrogen-bond donors (Lipinski definition) is 1. The molecule has 0 amide bonds. The first kappa shape index (κ1) is 15.0. The zero-order valence-corrected chi connectivity index (χ0v) is 12.4. The average molecular weight is 241 g/mol. The van der Waals surface area contributed by atoms with Gasteiger partial charge in [-0.05, 0) is 31.6 Å². The van der Waals surface area contributed by atoms with Crippen LogP contribution in [0.2, 0.25) is 0 Å². The molecule has 0 aromatic rings. The Morgan fingerprint density at radius 1 is 1.18 bits per heavy atom. The molecule has 1 aliphatic rings. The summed E-state index contributed by atoms with van der Waals surface area (Å²) in [6.07, 6.45) is 5.37. The van der Waals surface area contributed by atoms with E-state index in [2.05, 4.69) is 32.6 Å². The van der Waals surface area contributed by atoms with Crippen LogP contribution in [0, 0.1) is 11.8 Å². The summed E-state index contributed by atoms with van der Waals surface area (Å²) >= 11 is 0. The highest BCUT2D eigenvalue weighted by Gasteiger charge is 2.32. The smallest absolute Gasteiger partial charge is 0.0768 e. The topological polar surface area (TPSA) is 23.5 Å². The van der Waals surface area contributed by atoms with Gasteiger partial charge in [0.2, 0.25) is 0 Å². The van der Waals surface area contributed by atoms with Crippen molar-refractivity contribution in [1.82, 2.24) is 4.90 Å². The van der Waals surface area contributed by atoms with Gasteiger partial charge in [-0.2, -0.15) is 0 Å². The van der Waals surface area contributed by atoms with Gasteiger partial charge < -0.3 is 5.11 Å². The van der Waals surface area contributed by atoms with E-state index in [-0.39, 0.29) is 0 Å². The van der Waals surface area contributed by atoms with Gasteiger partial charge in [0.05, 0.1) is 5.60 Å². The standard InChI is InChI=1S/C15H31NO/c1-12(2)10-16(14-8-6-7-9-14)11-15(5,17)13(3)4/h12-14,17H,6-11H2,1-5H3. The van der Waals surface area contributed by atoms with E-state index in [1.54, 1.807) is 0 Å². The van der Waals surface area contributed by atoms with Crippen LogP contribution >= 0.6 is 0 Å². The number of nitrogens with zero attached hydrogens (tertiary/aromatic N) is 1. The lowest BCUT2D eigenvalue weighted by atomic mass is 9.91. The van der Waals surface area contributed by atoms with Crippen molar-refractivity contribution in [3.8, 4) is 0 Å². The molecule has 1 atom stereocenters. The number of hydrogen-bond acceptors (Lipinski definition) is 2. The molecule has 1 rings (SSSR count). The van der Waals surface area contributed by atoms with Crippen LogP contribution in [0.15, 0.2) is 0 Å². The van der Waals surface area contributed by atoms with Crippen LogP contribution in [0.5, 0.6) is 0 Å². The van der Waals surface area contributed by atoms with Crippen molar-refractivity contribution in [2.45, 2.75) is 71.9 Å². The molecular formula is C15H31NO. The fourth-order valence-corrected chi connectivity index (χ4v) is 2.67. The zero-order chi connectivity index (χ0) is 13.1. The highest BCUT2D eigenvalue weighted by molar-refractivity contribution is 4.86. The third-order valence-electron chi connectivity index (χ3n) is 4.21. The summed E-state index contributed by atoms with van der Waals surface area (Å²) in [5, 5.41) is 10.5. The third kappa shape index (κ3) is 4.59. The molecule has 2 nitrogen and oxygen atoms in total. The molecule has 0 spiro atoms. The Balaban J connectivity index is 2.62. The van der Waals surface area contributed by atoms with Crippen LogP contribution in [0.25, 0.3) is 0 Å². The summed E-state index contributed by atoms with van der Waals surface area (Å²) in [6, 6.07) is 0.711. The van der Waals surface area contributed by atoms with Gasteiger partial charge in [0.1, 0.15) is 0 Å². The second kappa shape index (κ2) is 6.19. The summed E-state index contributed by atoms with van der Waals surface area (Å²) < 4.78 is 0. The largest absolute Gasteiger partial charge is 0.389 e. The first-order valence-electron chi connectivity index (χ1n) is 7.29. The third-order valence-corrected chi connectivity index (χ3v) is 4.21. The van der Waals surface area contributed by atoms with Gasteiger partial charge in [-0.15, -0.1) is 0 Å². The molecule has 1 aliphatic carbocycles. The summed E-state index contributed by atoms with van der Waals surface area (Å²) in [4.78, 5) is 2.54. The molecular weight excluding hydrogens is 210 g/mol. The Hall–Kier alpha value is -0.0800. The lowest BCUT2D eigenvalue weighted by Gasteiger charge is -2.38. The van der Waals surface area contributed by atoms with Crippen molar-refractivity contribution in [3.63, 3.8) is 0 Å². The van der Waals surface area contributed by atoms with Gasteiger partial charge in [0.15, 0.2) is 0 Å².